The first-order chi connectivity index (χ1) is 9.29. The predicted molar refractivity (Wildman–Crippen MR) is 70.6 cm³/mol. The Morgan fingerprint density at radius 1 is 1.32 bits per heavy atom. The third-order valence-electron chi connectivity index (χ3n) is 2.61. The number of nitrogens with one attached hydrogen (secondary N) is 1. The zero-order chi connectivity index (χ0) is 13.5. The summed E-state index contributed by atoms with van der Waals surface area (Å²) in [4.78, 5) is 19.8. The molecule has 0 atom stereocenters. The van der Waals surface area contributed by atoms with Crippen LogP contribution in [0.4, 0.5) is 0 Å². The lowest BCUT2D eigenvalue weighted by atomic mass is 10.2. The van der Waals surface area contributed by atoms with Crippen molar-refractivity contribution in [3.63, 3.8) is 0 Å². The molecule has 1 N–H and O–H groups in total. The number of amides is 1. The Balaban J connectivity index is 1.90. The minimum atomic E-state index is -0.0566. The molecule has 2 heterocycles. The molecule has 5 heteroatoms. The second-order valence-electron chi connectivity index (χ2n) is 3.99. The average molecular weight is 257 g/mol. The number of hydrogen-bond acceptors (Lipinski definition) is 4. The van der Waals surface area contributed by atoms with Gasteiger partial charge in [-0.3, -0.25) is 9.78 Å². The van der Waals surface area contributed by atoms with Crippen LogP contribution in [0.1, 0.15) is 11.1 Å². The Labute approximate surface area is 111 Å². The fraction of sp³-hybridized carbons (Fsp3) is 0.214. The van der Waals surface area contributed by atoms with Gasteiger partial charge in [0.2, 0.25) is 11.8 Å². The van der Waals surface area contributed by atoms with E-state index < -0.39 is 0 Å². The number of nitrogens with zero attached hydrogens (tertiary/aromatic N) is 2. The molecule has 0 bridgehead atoms. The van der Waals surface area contributed by atoms with E-state index in [1.165, 1.54) is 0 Å². The number of hydrogen-bond donors (Lipinski definition) is 1. The van der Waals surface area contributed by atoms with Gasteiger partial charge in [0.05, 0.1) is 13.5 Å². The fourth-order valence-electron chi connectivity index (χ4n) is 1.69. The van der Waals surface area contributed by atoms with Crippen molar-refractivity contribution in [3.05, 3.63) is 54.0 Å². The Hall–Kier alpha value is -2.43. The van der Waals surface area contributed by atoms with E-state index in [1.54, 1.807) is 25.7 Å². The number of carbonyl (C=O) groups excluding carboxylic acids is 1. The first kappa shape index (κ1) is 13.0. The predicted octanol–water partition coefficient (Wildman–Crippen LogP) is 1.34. The molecule has 0 aliphatic carbocycles. The molecule has 2 rings (SSSR count). The fourth-order valence-corrected chi connectivity index (χ4v) is 1.69. The van der Waals surface area contributed by atoms with Crippen LogP contribution in [0.3, 0.4) is 0 Å². The van der Waals surface area contributed by atoms with E-state index in [-0.39, 0.29) is 5.91 Å². The van der Waals surface area contributed by atoms with Gasteiger partial charge in [-0.1, -0.05) is 12.1 Å². The maximum Gasteiger partial charge on any atom is 0.224 e. The lowest BCUT2D eigenvalue weighted by Gasteiger charge is -2.08. The maximum absolute atomic E-state index is 11.8. The number of pyridine rings is 2. The third kappa shape index (κ3) is 3.77. The van der Waals surface area contributed by atoms with Gasteiger partial charge in [-0.15, -0.1) is 0 Å². The molecule has 0 saturated carbocycles. The highest BCUT2D eigenvalue weighted by Gasteiger charge is 2.06. The Morgan fingerprint density at radius 2 is 2.16 bits per heavy atom. The standard InChI is InChI=1S/C14H15N3O2/c1-19-14-12(5-3-7-16-14)10-17-13(18)8-11-4-2-6-15-9-11/h2-7,9H,8,10H2,1H3,(H,17,18). The molecule has 2 aromatic heterocycles. The maximum atomic E-state index is 11.8. The molecule has 0 aliphatic heterocycles. The van der Waals surface area contributed by atoms with Crippen molar-refractivity contribution >= 4 is 5.91 Å². The van der Waals surface area contributed by atoms with Crippen molar-refractivity contribution in [2.75, 3.05) is 7.11 Å². The lowest BCUT2D eigenvalue weighted by molar-refractivity contribution is -0.120. The first-order valence-corrected chi connectivity index (χ1v) is 5.93. The van der Waals surface area contributed by atoms with E-state index in [0.29, 0.717) is 18.8 Å². The molecule has 0 aliphatic rings. The van der Waals surface area contributed by atoms with Gasteiger partial charge in [-0.2, -0.15) is 0 Å². The number of rotatable bonds is 5. The summed E-state index contributed by atoms with van der Waals surface area (Å²) in [5.74, 6) is 0.475. The molecule has 2 aromatic rings. The van der Waals surface area contributed by atoms with Crippen LogP contribution in [0, 0.1) is 0 Å². The van der Waals surface area contributed by atoms with Crippen LogP contribution >= 0.6 is 0 Å². The van der Waals surface area contributed by atoms with Crippen molar-refractivity contribution in [1.29, 1.82) is 0 Å². The van der Waals surface area contributed by atoms with Gasteiger partial charge < -0.3 is 10.1 Å². The molecular formula is C14H15N3O2. The SMILES string of the molecule is COc1ncccc1CNC(=O)Cc1cccnc1. The Bertz CT molecular complexity index is 543. The van der Waals surface area contributed by atoms with Crippen LogP contribution in [0.25, 0.3) is 0 Å². The zero-order valence-corrected chi connectivity index (χ0v) is 10.7. The lowest BCUT2D eigenvalue weighted by Crippen LogP contribution is -2.24. The highest BCUT2D eigenvalue weighted by Crippen LogP contribution is 2.12. The third-order valence-corrected chi connectivity index (χ3v) is 2.61. The number of aromatic nitrogens is 2. The van der Waals surface area contributed by atoms with Gasteiger partial charge in [0, 0.05) is 30.7 Å². The van der Waals surface area contributed by atoms with Gasteiger partial charge >= 0.3 is 0 Å². The van der Waals surface area contributed by atoms with Gasteiger partial charge in [-0.25, -0.2) is 4.98 Å². The summed E-state index contributed by atoms with van der Waals surface area (Å²) < 4.78 is 5.12. The van der Waals surface area contributed by atoms with E-state index >= 15 is 0 Å². The largest absolute Gasteiger partial charge is 0.481 e. The summed E-state index contributed by atoms with van der Waals surface area (Å²) in [6.07, 6.45) is 5.34. The average Bonchev–Trinajstić information content (AvgIpc) is 2.46. The molecule has 0 unspecified atom stereocenters. The Morgan fingerprint density at radius 3 is 2.89 bits per heavy atom. The number of ether oxygens (including phenoxy) is 1. The highest BCUT2D eigenvalue weighted by molar-refractivity contribution is 5.78. The minimum Gasteiger partial charge on any atom is -0.481 e. The Kier molecular flexibility index (Phi) is 4.44. The second-order valence-corrected chi connectivity index (χ2v) is 3.99. The smallest absolute Gasteiger partial charge is 0.224 e. The van der Waals surface area contributed by atoms with Crippen LogP contribution < -0.4 is 10.1 Å². The van der Waals surface area contributed by atoms with Crippen LogP contribution in [0.2, 0.25) is 0 Å². The molecule has 0 fully saturated rings. The number of methoxy groups -OCH3 is 1. The van der Waals surface area contributed by atoms with E-state index in [4.69, 9.17) is 4.74 Å². The van der Waals surface area contributed by atoms with Gasteiger partial charge in [0.1, 0.15) is 0 Å². The van der Waals surface area contributed by atoms with Crippen LogP contribution in [-0.4, -0.2) is 23.0 Å². The monoisotopic (exact) mass is 257 g/mol. The van der Waals surface area contributed by atoms with Gasteiger partial charge in [0.15, 0.2) is 0 Å². The van der Waals surface area contributed by atoms with Crippen LogP contribution in [0.15, 0.2) is 42.9 Å². The van der Waals surface area contributed by atoms with Crippen molar-refractivity contribution in [1.82, 2.24) is 15.3 Å². The summed E-state index contributed by atoms with van der Waals surface area (Å²) in [5, 5.41) is 2.84. The van der Waals surface area contributed by atoms with Crippen molar-refractivity contribution in [2.24, 2.45) is 0 Å². The molecule has 0 spiro atoms. The number of carbonyl (C=O) groups is 1. The van der Waals surface area contributed by atoms with Gasteiger partial charge in [-0.05, 0) is 17.7 Å². The molecule has 1 amide bonds. The second kappa shape index (κ2) is 6.49. The molecule has 0 radical (unpaired) electrons. The van der Waals surface area contributed by atoms with Crippen molar-refractivity contribution in [3.8, 4) is 5.88 Å². The normalized spacial score (nSPS) is 9.95. The summed E-state index contributed by atoms with van der Waals surface area (Å²) in [6.45, 7) is 0.399. The first-order valence-electron chi connectivity index (χ1n) is 5.93. The minimum absolute atomic E-state index is 0.0566. The van der Waals surface area contributed by atoms with E-state index in [0.717, 1.165) is 11.1 Å². The van der Waals surface area contributed by atoms with Gasteiger partial charge in [0.25, 0.3) is 0 Å². The summed E-state index contributed by atoms with van der Waals surface area (Å²) in [6, 6.07) is 7.37. The van der Waals surface area contributed by atoms with Crippen molar-refractivity contribution < 1.29 is 9.53 Å². The van der Waals surface area contributed by atoms with Crippen LogP contribution in [-0.2, 0) is 17.8 Å². The molecular weight excluding hydrogens is 242 g/mol. The van der Waals surface area contributed by atoms with E-state index in [2.05, 4.69) is 15.3 Å². The summed E-state index contributed by atoms with van der Waals surface area (Å²) >= 11 is 0. The molecule has 19 heavy (non-hydrogen) atoms. The van der Waals surface area contributed by atoms with E-state index in [9.17, 15) is 4.79 Å². The molecule has 0 aromatic carbocycles. The molecule has 0 saturated heterocycles. The zero-order valence-electron chi connectivity index (χ0n) is 10.7. The quantitative estimate of drug-likeness (QED) is 0.878. The van der Waals surface area contributed by atoms with Crippen molar-refractivity contribution in [2.45, 2.75) is 13.0 Å². The molecule has 98 valence electrons. The topological polar surface area (TPSA) is 64.1 Å². The van der Waals surface area contributed by atoms with E-state index in [1.807, 2.05) is 24.3 Å². The highest BCUT2D eigenvalue weighted by atomic mass is 16.5. The van der Waals surface area contributed by atoms with Crippen LogP contribution in [0.5, 0.6) is 5.88 Å². The summed E-state index contributed by atoms with van der Waals surface area (Å²) in [7, 11) is 1.56. The summed E-state index contributed by atoms with van der Waals surface area (Å²) in [5.41, 5.74) is 1.74. The molecule has 5 nitrogen and oxygen atoms in total.